The summed E-state index contributed by atoms with van der Waals surface area (Å²) in [4.78, 5) is 49.3. The van der Waals surface area contributed by atoms with E-state index >= 15 is 0 Å². The SMILES string of the molecule is Cc1c(C(=O)OCc2nc3ccccc3c(=O)n2Cc2ccco2)sc2nc3n(c(=O)c12)CCC3. The van der Waals surface area contributed by atoms with Gasteiger partial charge in [0, 0.05) is 13.0 Å². The second kappa shape index (κ2) is 8.31. The molecule has 0 fully saturated rings. The number of esters is 1. The van der Waals surface area contributed by atoms with Crippen LogP contribution in [0.5, 0.6) is 0 Å². The summed E-state index contributed by atoms with van der Waals surface area (Å²) in [6.45, 7) is 2.33. The highest BCUT2D eigenvalue weighted by atomic mass is 32.1. The van der Waals surface area contributed by atoms with Crippen LogP contribution >= 0.6 is 11.3 Å². The summed E-state index contributed by atoms with van der Waals surface area (Å²) in [5.41, 5.74) is 0.722. The smallest absolute Gasteiger partial charge is 0.349 e. The molecule has 0 aliphatic carbocycles. The molecule has 176 valence electrons. The number of aryl methyl sites for hydroxylation is 2. The van der Waals surface area contributed by atoms with Crippen LogP contribution in [0.4, 0.5) is 0 Å². The van der Waals surface area contributed by atoms with E-state index < -0.39 is 5.97 Å². The highest BCUT2D eigenvalue weighted by molar-refractivity contribution is 7.20. The van der Waals surface area contributed by atoms with Crippen molar-refractivity contribution in [3.63, 3.8) is 0 Å². The normalized spacial score (nSPS) is 12.9. The Bertz CT molecular complexity index is 1730. The molecule has 5 aromatic rings. The lowest BCUT2D eigenvalue weighted by Crippen LogP contribution is -2.26. The average molecular weight is 489 g/mol. The molecule has 0 saturated carbocycles. The number of carbonyl (C=O) groups is 1. The molecule has 6 rings (SSSR count). The zero-order valence-corrected chi connectivity index (χ0v) is 19.6. The molecular weight excluding hydrogens is 468 g/mol. The maximum atomic E-state index is 13.2. The Morgan fingerprint density at radius 3 is 2.83 bits per heavy atom. The summed E-state index contributed by atoms with van der Waals surface area (Å²) in [6.07, 6.45) is 3.18. The average Bonchev–Trinajstić information content (AvgIpc) is 3.61. The summed E-state index contributed by atoms with van der Waals surface area (Å²) < 4.78 is 14.2. The van der Waals surface area contributed by atoms with Gasteiger partial charge in [-0.2, -0.15) is 0 Å². The monoisotopic (exact) mass is 488 g/mol. The largest absolute Gasteiger partial charge is 0.467 e. The standard InChI is InChI=1S/C25H20N4O5S/c1-14-20-22(27-18-9-4-10-28(18)24(20)31)35-21(14)25(32)34-13-19-26-17-8-3-2-7-16(17)23(30)29(19)12-15-6-5-11-33-15/h2-3,5-8,11H,4,9-10,12-13H2,1H3. The van der Waals surface area contributed by atoms with E-state index in [-0.39, 0.29) is 24.3 Å². The number of nitrogens with zero attached hydrogens (tertiary/aromatic N) is 4. The van der Waals surface area contributed by atoms with Crippen molar-refractivity contribution in [2.75, 3.05) is 0 Å². The number of ether oxygens (including phenoxy) is 1. The number of hydrogen-bond donors (Lipinski definition) is 0. The first-order valence-corrected chi connectivity index (χ1v) is 12.0. The second-order valence-electron chi connectivity index (χ2n) is 8.42. The third-order valence-corrected chi connectivity index (χ3v) is 7.43. The van der Waals surface area contributed by atoms with Crippen molar-refractivity contribution in [2.45, 2.75) is 39.5 Å². The fourth-order valence-electron chi connectivity index (χ4n) is 4.51. The molecule has 0 radical (unpaired) electrons. The highest BCUT2D eigenvalue weighted by Crippen LogP contribution is 2.29. The van der Waals surface area contributed by atoms with E-state index in [9.17, 15) is 14.4 Å². The first-order chi connectivity index (χ1) is 17.0. The molecule has 10 heteroatoms. The highest BCUT2D eigenvalue weighted by Gasteiger charge is 2.24. The fourth-order valence-corrected chi connectivity index (χ4v) is 5.60. The maximum Gasteiger partial charge on any atom is 0.349 e. The lowest BCUT2D eigenvalue weighted by atomic mass is 10.2. The molecule has 0 bridgehead atoms. The Kier molecular flexibility index (Phi) is 5.10. The lowest BCUT2D eigenvalue weighted by molar-refractivity contribution is 0.0462. The van der Waals surface area contributed by atoms with Gasteiger partial charge in [-0.15, -0.1) is 11.3 Å². The van der Waals surface area contributed by atoms with Crippen LogP contribution in [0.2, 0.25) is 0 Å². The van der Waals surface area contributed by atoms with Gasteiger partial charge in [0.05, 0.1) is 29.1 Å². The quantitative estimate of drug-likeness (QED) is 0.349. The third kappa shape index (κ3) is 3.57. The van der Waals surface area contributed by atoms with E-state index in [4.69, 9.17) is 9.15 Å². The number of carbonyl (C=O) groups excluding carboxylic acids is 1. The molecule has 0 unspecified atom stereocenters. The molecule has 1 aromatic carbocycles. The molecule has 0 atom stereocenters. The molecule has 0 N–H and O–H groups in total. The Morgan fingerprint density at radius 1 is 1.14 bits per heavy atom. The van der Waals surface area contributed by atoms with Crippen molar-refractivity contribution in [1.82, 2.24) is 19.1 Å². The number of para-hydroxylation sites is 1. The van der Waals surface area contributed by atoms with Crippen LogP contribution in [0.15, 0.2) is 56.7 Å². The van der Waals surface area contributed by atoms with Crippen LogP contribution < -0.4 is 11.1 Å². The number of benzene rings is 1. The van der Waals surface area contributed by atoms with Crippen LogP contribution in [-0.4, -0.2) is 25.1 Å². The summed E-state index contributed by atoms with van der Waals surface area (Å²) in [7, 11) is 0. The number of thiophene rings is 1. The van der Waals surface area contributed by atoms with Gasteiger partial charge in [0.25, 0.3) is 11.1 Å². The summed E-state index contributed by atoms with van der Waals surface area (Å²) >= 11 is 1.16. The summed E-state index contributed by atoms with van der Waals surface area (Å²) in [5, 5.41) is 0.931. The van der Waals surface area contributed by atoms with Crippen LogP contribution in [0.1, 0.15) is 39.1 Å². The minimum Gasteiger partial charge on any atom is -0.467 e. The number of rotatable bonds is 5. The van der Waals surface area contributed by atoms with Gasteiger partial charge in [0.1, 0.15) is 27.9 Å². The number of fused-ring (bicyclic) bond motifs is 3. The van der Waals surface area contributed by atoms with Crippen LogP contribution in [0.25, 0.3) is 21.1 Å². The summed E-state index contributed by atoms with van der Waals surface area (Å²) in [6, 6.07) is 10.5. The third-order valence-electron chi connectivity index (χ3n) is 6.26. The van der Waals surface area contributed by atoms with Gasteiger partial charge in [0.15, 0.2) is 5.82 Å². The zero-order valence-electron chi connectivity index (χ0n) is 18.8. The van der Waals surface area contributed by atoms with Crippen molar-refractivity contribution in [1.29, 1.82) is 0 Å². The van der Waals surface area contributed by atoms with Crippen molar-refractivity contribution in [3.05, 3.63) is 91.2 Å². The van der Waals surface area contributed by atoms with Gasteiger partial charge >= 0.3 is 5.97 Å². The Labute approximate surface area is 202 Å². The van der Waals surface area contributed by atoms with Crippen molar-refractivity contribution in [2.24, 2.45) is 0 Å². The predicted octanol–water partition coefficient (Wildman–Crippen LogP) is 3.42. The van der Waals surface area contributed by atoms with Crippen LogP contribution in [0.3, 0.4) is 0 Å². The van der Waals surface area contributed by atoms with Crippen LogP contribution in [0, 0.1) is 6.92 Å². The van der Waals surface area contributed by atoms with Gasteiger partial charge < -0.3 is 9.15 Å². The lowest BCUT2D eigenvalue weighted by Gasteiger charge is -2.13. The van der Waals surface area contributed by atoms with E-state index in [1.165, 1.54) is 10.8 Å². The molecule has 5 heterocycles. The van der Waals surface area contributed by atoms with Gasteiger partial charge in [-0.25, -0.2) is 14.8 Å². The Balaban J connectivity index is 1.35. The molecule has 1 aliphatic rings. The first-order valence-electron chi connectivity index (χ1n) is 11.2. The molecule has 35 heavy (non-hydrogen) atoms. The van der Waals surface area contributed by atoms with Gasteiger partial charge in [-0.1, -0.05) is 12.1 Å². The Morgan fingerprint density at radius 2 is 2.00 bits per heavy atom. The van der Waals surface area contributed by atoms with E-state index in [1.54, 1.807) is 47.9 Å². The second-order valence-corrected chi connectivity index (χ2v) is 9.42. The van der Waals surface area contributed by atoms with Crippen molar-refractivity contribution < 1.29 is 13.9 Å². The molecule has 9 nitrogen and oxygen atoms in total. The number of hydrogen-bond acceptors (Lipinski definition) is 8. The molecule has 4 aromatic heterocycles. The topological polar surface area (TPSA) is 109 Å². The predicted molar refractivity (Wildman–Crippen MR) is 130 cm³/mol. The van der Waals surface area contributed by atoms with Crippen LogP contribution in [-0.2, 0) is 30.9 Å². The van der Waals surface area contributed by atoms with E-state index in [1.807, 2.05) is 0 Å². The van der Waals surface area contributed by atoms with E-state index in [0.717, 1.165) is 30.0 Å². The van der Waals surface area contributed by atoms with Crippen molar-refractivity contribution >= 4 is 38.4 Å². The number of aromatic nitrogens is 4. The maximum absolute atomic E-state index is 13.2. The molecular formula is C25H20N4O5S. The molecule has 0 spiro atoms. The molecule has 1 aliphatic heterocycles. The van der Waals surface area contributed by atoms with E-state index in [0.29, 0.717) is 49.7 Å². The minimum atomic E-state index is -0.581. The Hall–Kier alpha value is -4.05. The van der Waals surface area contributed by atoms with Gasteiger partial charge in [-0.05, 0) is 43.2 Å². The zero-order chi connectivity index (χ0) is 24.1. The molecule has 0 amide bonds. The van der Waals surface area contributed by atoms with Crippen molar-refractivity contribution in [3.8, 4) is 0 Å². The van der Waals surface area contributed by atoms with Gasteiger partial charge in [0.2, 0.25) is 0 Å². The van der Waals surface area contributed by atoms with E-state index in [2.05, 4.69) is 9.97 Å². The van der Waals surface area contributed by atoms with Gasteiger partial charge in [-0.3, -0.25) is 18.7 Å². The number of furan rings is 1. The first kappa shape index (κ1) is 21.5. The molecule has 0 saturated heterocycles. The minimum absolute atomic E-state index is 0.112. The fraction of sp³-hybridized carbons (Fsp3) is 0.240. The summed E-state index contributed by atoms with van der Waals surface area (Å²) in [5.74, 6) is 1.05.